The van der Waals surface area contributed by atoms with Gasteiger partial charge in [0.05, 0.1) is 23.9 Å². The molecule has 0 aliphatic rings. The van der Waals surface area contributed by atoms with Crippen LogP contribution in [0.3, 0.4) is 0 Å². The molecule has 0 atom stereocenters. The zero-order valence-electron chi connectivity index (χ0n) is 17.2. The molecule has 2 aromatic carbocycles. The molecule has 2 aromatic heterocycles. The number of amides is 1. The SMILES string of the molecule is COc1cccc(NC(=O)Cn2nc(-c3cccc(OC)c3)c3sc(C)nc3c2=O)c1. The number of rotatable bonds is 6. The van der Waals surface area contributed by atoms with E-state index in [9.17, 15) is 9.59 Å². The van der Waals surface area contributed by atoms with Crippen LogP contribution in [0.25, 0.3) is 21.5 Å². The highest BCUT2D eigenvalue weighted by Gasteiger charge is 2.18. The summed E-state index contributed by atoms with van der Waals surface area (Å²) in [7, 11) is 3.14. The highest BCUT2D eigenvalue weighted by atomic mass is 32.1. The van der Waals surface area contributed by atoms with Crippen LogP contribution in [0.15, 0.2) is 53.3 Å². The number of hydrogen-bond acceptors (Lipinski definition) is 7. The molecule has 8 nitrogen and oxygen atoms in total. The average molecular weight is 436 g/mol. The first kappa shape index (κ1) is 20.5. The number of hydrogen-bond donors (Lipinski definition) is 1. The zero-order chi connectivity index (χ0) is 22.0. The minimum atomic E-state index is -0.410. The highest BCUT2D eigenvalue weighted by molar-refractivity contribution is 7.19. The Morgan fingerprint density at radius 2 is 1.81 bits per heavy atom. The van der Waals surface area contributed by atoms with Gasteiger partial charge >= 0.3 is 0 Å². The average Bonchev–Trinajstić information content (AvgIpc) is 3.17. The Balaban J connectivity index is 1.73. The molecule has 4 aromatic rings. The molecule has 1 amide bonds. The number of benzene rings is 2. The van der Waals surface area contributed by atoms with Crippen molar-refractivity contribution < 1.29 is 14.3 Å². The van der Waals surface area contributed by atoms with Gasteiger partial charge in [0.2, 0.25) is 5.91 Å². The van der Waals surface area contributed by atoms with E-state index in [-0.39, 0.29) is 12.5 Å². The molecule has 0 aliphatic carbocycles. The topological polar surface area (TPSA) is 95.3 Å². The van der Waals surface area contributed by atoms with Gasteiger partial charge in [-0.3, -0.25) is 9.59 Å². The van der Waals surface area contributed by atoms with Crippen molar-refractivity contribution in [2.45, 2.75) is 13.5 Å². The van der Waals surface area contributed by atoms with Crippen molar-refractivity contribution in [3.8, 4) is 22.8 Å². The third kappa shape index (κ3) is 4.26. The number of aromatic nitrogens is 3. The van der Waals surface area contributed by atoms with Gasteiger partial charge < -0.3 is 14.8 Å². The normalized spacial score (nSPS) is 10.8. The van der Waals surface area contributed by atoms with Crippen molar-refractivity contribution in [3.63, 3.8) is 0 Å². The number of fused-ring (bicyclic) bond motifs is 1. The molecule has 0 radical (unpaired) electrons. The number of carbonyl (C=O) groups is 1. The molecule has 0 spiro atoms. The molecule has 158 valence electrons. The van der Waals surface area contributed by atoms with Crippen molar-refractivity contribution in [1.29, 1.82) is 0 Å². The maximum absolute atomic E-state index is 13.0. The fourth-order valence-corrected chi connectivity index (χ4v) is 4.09. The second-order valence-corrected chi connectivity index (χ2v) is 7.94. The highest BCUT2D eigenvalue weighted by Crippen LogP contribution is 2.31. The van der Waals surface area contributed by atoms with Gasteiger partial charge in [-0.15, -0.1) is 11.3 Å². The molecule has 31 heavy (non-hydrogen) atoms. The predicted octanol–water partition coefficient (Wildman–Crippen LogP) is 3.48. The maximum Gasteiger partial charge on any atom is 0.294 e. The first-order chi connectivity index (χ1) is 15.0. The largest absolute Gasteiger partial charge is 0.497 e. The Labute approximate surface area is 182 Å². The van der Waals surface area contributed by atoms with Crippen molar-refractivity contribution in [2.24, 2.45) is 0 Å². The van der Waals surface area contributed by atoms with E-state index < -0.39 is 5.56 Å². The minimum Gasteiger partial charge on any atom is -0.497 e. The maximum atomic E-state index is 13.0. The molecule has 4 rings (SSSR count). The number of carbonyl (C=O) groups excluding carboxylic acids is 1. The van der Waals surface area contributed by atoms with Gasteiger partial charge in [0, 0.05) is 17.3 Å². The lowest BCUT2D eigenvalue weighted by atomic mass is 10.1. The Hall–Kier alpha value is -3.72. The van der Waals surface area contributed by atoms with Crippen LogP contribution in [0.1, 0.15) is 5.01 Å². The summed E-state index contributed by atoms with van der Waals surface area (Å²) in [6.07, 6.45) is 0. The van der Waals surface area contributed by atoms with Crippen molar-refractivity contribution in [1.82, 2.24) is 14.8 Å². The summed E-state index contributed by atoms with van der Waals surface area (Å²) in [5.41, 5.74) is 1.80. The fraction of sp³-hybridized carbons (Fsp3) is 0.182. The monoisotopic (exact) mass is 436 g/mol. The third-order valence-electron chi connectivity index (χ3n) is 4.60. The number of aryl methyl sites for hydroxylation is 1. The van der Waals surface area contributed by atoms with Gasteiger partial charge in [-0.25, -0.2) is 9.67 Å². The Morgan fingerprint density at radius 1 is 1.10 bits per heavy atom. The lowest BCUT2D eigenvalue weighted by Crippen LogP contribution is -2.30. The molecule has 0 saturated carbocycles. The second-order valence-electron chi connectivity index (χ2n) is 6.73. The second kappa shape index (κ2) is 8.57. The Kier molecular flexibility index (Phi) is 5.68. The zero-order valence-corrected chi connectivity index (χ0v) is 18.0. The standard InChI is InChI=1S/C22H20N4O4S/c1-13-23-20-21(31-13)19(14-6-4-8-16(10-14)29-2)25-26(22(20)28)12-18(27)24-15-7-5-9-17(11-15)30-3/h4-11H,12H2,1-3H3,(H,24,27). The molecule has 0 saturated heterocycles. The van der Waals surface area contributed by atoms with Gasteiger partial charge in [0.25, 0.3) is 5.56 Å². The molecule has 9 heteroatoms. The summed E-state index contributed by atoms with van der Waals surface area (Å²) in [5, 5.41) is 8.02. The van der Waals surface area contributed by atoms with Crippen LogP contribution in [-0.2, 0) is 11.3 Å². The van der Waals surface area contributed by atoms with Crippen LogP contribution in [0.4, 0.5) is 5.69 Å². The van der Waals surface area contributed by atoms with Crippen LogP contribution in [0, 0.1) is 6.92 Å². The van der Waals surface area contributed by atoms with E-state index in [1.807, 2.05) is 31.2 Å². The van der Waals surface area contributed by atoms with Crippen LogP contribution >= 0.6 is 11.3 Å². The molecule has 1 N–H and O–H groups in total. The number of nitrogens with zero attached hydrogens (tertiary/aromatic N) is 3. The van der Waals surface area contributed by atoms with E-state index in [4.69, 9.17) is 9.47 Å². The Morgan fingerprint density at radius 3 is 2.55 bits per heavy atom. The van der Waals surface area contributed by atoms with Crippen LogP contribution < -0.4 is 20.3 Å². The van der Waals surface area contributed by atoms with Gasteiger partial charge in [0.15, 0.2) is 5.52 Å². The van der Waals surface area contributed by atoms with E-state index in [2.05, 4.69) is 15.4 Å². The van der Waals surface area contributed by atoms with E-state index in [1.54, 1.807) is 38.5 Å². The molecule has 2 heterocycles. The number of nitrogens with one attached hydrogen (secondary N) is 1. The number of thiazole rings is 1. The van der Waals surface area contributed by atoms with Crippen molar-refractivity contribution in [2.75, 3.05) is 19.5 Å². The molecule has 0 unspecified atom stereocenters. The van der Waals surface area contributed by atoms with Crippen LogP contribution in [0.2, 0.25) is 0 Å². The van der Waals surface area contributed by atoms with Gasteiger partial charge in [-0.2, -0.15) is 5.10 Å². The smallest absolute Gasteiger partial charge is 0.294 e. The molecule has 0 fully saturated rings. The molecular formula is C22H20N4O4S. The van der Waals surface area contributed by atoms with E-state index in [0.29, 0.717) is 33.1 Å². The summed E-state index contributed by atoms with van der Waals surface area (Å²) in [6, 6.07) is 14.4. The first-order valence-electron chi connectivity index (χ1n) is 9.45. The lowest BCUT2D eigenvalue weighted by molar-refractivity contribution is -0.117. The number of ether oxygens (including phenoxy) is 2. The summed E-state index contributed by atoms with van der Waals surface area (Å²) in [4.78, 5) is 30.0. The quantitative estimate of drug-likeness (QED) is 0.497. The van der Waals surface area contributed by atoms with Crippen molar-refractivity contribution >= 4 is 33.1 Å². The van der Waals surface area contributed by atoms with E-state index in [0.717, 1.165) is 15.3 Å². The van der Waals surface area contributed by atoms with E-state index >= 15 is 0 Å². The fourth-order valence-electron chi connectivity index (χ4n) is 3.17. The van der Waals surface area contributed by atoms with Gasteiger partial charge in [-0.05, 0) is 31.2 Å². The summed E-state index contributed by atoms with van der Waals surface area (Å²) in [6.45, 7) is 1.58. The lowest BCUT2D eigenvalue weighted by Gasteiger charge is -2.10. The van der Waals surface area contributed by atoms with E-state index in [1.165, 1.54) is 11.3 Å². The number of anilines is 1. The summed E-state index contributed by atoms with van der Waals surface area (Å²) >= 11 is 1.39. The molecule has 0 aliphatic heterocycles. The first-order valence-corrected chi connectivity index (χ1v) is 10.3. The third-order valence-corrected chi connectivity index (χ3v) is 5.57. The predicted molar refractivity (Wildman–Crippen MR) is 120 cm³/mol. The summed E-state index contributed by atoms with van der Waals surface area (Å²) < 4.78 is 12.3. The molecular weight excluding hydrogens is 416 g/mol. The van der Waals surface area contributed by atoms with Gasteiger partial charge in [0.1, 0.15) is 23.7 Å². The van der Waals surface area contributed by atoms with Crippen LogP contribution in [-0.4, -0.2) is 34.9 Å². The minimum absolute atomic E-state index is 0.250. The summed E-state index contributed by atoms with van der Waals surface area (Å²) in [5.74, 6) is 0.903. The molecule has 0 bridgehead atoms. The van der Waals surface area contributed by atoms with Gasteiger partial charge in [-0.1, -0.05) is 18.2 Å². The van der Waals surface area contributed by atoms with Crippen LogP contribution in [0.5, 0.6) is 11.5 Å². The Bertz CT molecular complexity index is 1330. The van der Waals surface area contributed by atoms with Crippen molar-refractivity contribution in [3.05, 3.63) is 63.9 Å². The number of methoxy groups -OCH3 is 2.